The van der Waals surface area contributed by atoms with Gasteiger partial charge in [-0.1, -0.05) is 17.8 Å². The number of benzene rings is 2. The van der Waals surface area contributed by atoms with Crippen LogP contribution in [0.25, 0.3) is 11.5 Å². The summed E-state index contributed by atoms with van der Waals surface area (Å²) in [4.78, 5) is 12.2. The fraction of sp³-hybridized carbons (Fsp3) is 0.348. The normalized spacial score (nSPS) is 10.5. The maximum Gasteiger partial charge on any atom is 0.277 e. The Kier molecular flexibility index (Phi) is 8.86. The van der Waals surface area contributed by atoms with Gasteiger partial charge in [-0.3, -0.25) is 4.79 Å². The summed E-state index contributed by atoms with van der Waals surface area (Å²) < 4.78 is 32.3. The SMILES string of the molecule is COc1ccc(CCNC(=O)CSc2nnc(-c3cc(OC)c(OC)c(OC)c3)o2)cc1OC. The third-order valence-electron chi connectivity index (χ3n) is 4.83. The van der Waals surface area contributed by atoms with Crippen molar-refractivity contribution in [2.45, 2.75) is 11.6 Å². The zero-order valence-electron chi connectivity index (χ0n) is 19.7. The minimum Gasteiger partial charge on any atom is -0.493 e. The molecule has 10 nitrogen and oxygen atoms in total. The van der Waals surface area contributed by atoms with Gasteiger partial charge >= 0.3 is 0 Å². The highest BCUT2D eigenvalue weighted by atomic mass is 32.2. The van der Waals surface area contributed by atoms with Crippen molar-refractivity contribution in [3.8, 4) is 40.2 Å². The van der Waals surface area contributed by atoms with Gasteiger partial charge in [0.25, 0.3) is 5.22 Å². The highest BCUT2D eigenvalue weighted by Crippen LogP contribution is 2.41. The van der Waals surface area contributed by atoms with E-state index in [0.717, 1.165) is 17.3 Å². The van der Waals surface area contributed by atoms with Gasteiger partial charge in [0.05, 0.1) is 41.3 Å². The van der Waals surface area contributed by atoms with E-state index in [0.29, 0.717) is 47.3 Å². The van der Waals surface area contributed by atoms with E-state index in [1.807, 2.05) is 18.2 Å². The predicted molar refractivity (Wildman–Crippen MR) is 126 cm³/mol. The number of aromatic nitrogens is 2. The van der Waals surface area contributed by atoms with Gasteiger partial charge in [-0.25, -0.2) is 0 Å². The van der Waals surface area contributed by atoms with Crippen molar-refractivity contribution >= 4 is 17.7 Å². The molecule has 2 aromatic carbocycles. The number of carbonyl (C=O) groups excluding carboxylic acids is 1. The largest absolute Gasteiger partial charge is 0.493 e. The molecule has 0 aliphatic rings. The Morgan fingerprint density at radius 3 is 2.18 bits per heavy atom. The summed E-state index contributed by atoms with van der Waals surface area (Å²) >= 11 is 1.15. The monoisotopic (exact) mass is 489 g/mol. The Bertz CT molecular complexity index is 1090. The number of amides is 1. The molecule has 182 valence electrons. The van der Waals surface area contributed by atoms with E-state index < -0.39 is 0 Å². The predicted octanol–water partition coefficient (Wildman–Crippen LogP) is 3.23. The van der Waals surface area contributed by atoms with Crippen LogP contribution < -0.4 is 29.0 Å². The van der Waals surface area contributed by atoms with Crippen LogP contribution >= 0.6 is 11.8 Å². The average Bonchev–Trinajstić information content (AvgIpc) is 3.35. The number of thioether (sulfide) groups is 1. The standard InChI is InChI=1S/C23H27N3O7S/c1-28-16-7-6-14(10-17(16)29-2)8-9-24-20(27)13-34-23-26-25-22(33-23)15-11-18(30-3)21(32-5)19(12-15)31-4/h6-7,10-12H,8-9,13H2,1-5H3,(H,24,27). The van der Waals surface area contributed by atoms with Crippen molar-refractivity contribution < 1.29 is 32.9 Å². The second-order valence-corrected chi connectivity index (χ2v) is 7.79. The van der Waals surface area contributed by atoms with Crippen molar-refractivity contribution in [1.29, 1.82) is 0 Å². The lowest BCUT2D eigenvalue weighted by molar-refractivity contribution is -0.118. The highest BCUT2D eigenvalue weighted by molar-refractivity contribution is 7.99. The van der Waals surface area contributed by atoms with Crippen LogP contribution in [0.5, 0.6) is 28.7 Å². The van der Waals surface area contributed by atoms with Crippen LogP contribution in [0.2, 0.25) is 0 Å². The number of nitrogens with one attached hydrogen (secondary N) is 1. The molecule has 0 unspecified atom stereocenters. The fourth-order valence-corrected chi connectivity index (χ4v) is 3.74. The molecule has 1 aromatic heterocycles. The summed E-state index contributed by atoms with van der Waals surface area (Å²) in [5.74, 6) is 3.00. The smallest absolute Gasteiger partial charge is 0.277 e. The Labute approximate surface area is 201 Å². The van der Waals surface area contributed by atoms with E-state index in [2.05, 4.69) is 15.5 Å². The molecule has 0 aliphatic heterocycles. The lowest BCUT2D eigenvalue weighted by Gasteiger charge is -2.12. The molecule has 1 N–H and O–H groups in total. The molecule has 1 amide bonds. The molecule has 3 aromatic rings. The molecule has 0 radical (unpaired) electrons. The molecule has 3 rings (SSSR count). The van der Waals surface area contributed by atoms with Gasteiger partial charge in [0.1, 0.15) is 0 Å². The lowest BCUT2D eigenvalue weighted by Crippen LogP contribution is -2.27. The van der Waals surface area contributed by atoms with Gasteiger partial charge in [0, 0.05) is 12.1 Å². The number of methoxy groups -OCH3 is 5. The molecular formula is C23H27N3O7S. The molecule has 0 spiro atoms. The molecule has 1 heterocycles. The fourth-order valence-electron chi connectivity index (χ4n) is 3.15. The van der Waals surface area contributed by atoms with Gasteiger partial charge in [-0.05, 0) is 36.2 Å². The topological polar surface area (TPSA) is 114 Å². The van der Waals surface area contributed by atoms with Gasteiger partial charge in [0.15, 0.2) is 23.0 Å². The van der Waals surface area contributed by atoms with Crippen LogP contribution in [0.3, 0.4) is 0 Å². The lowest BCUT2D eigenvalue weighted by atomic mass is 10.1. The van der Waals surface area contributed by atoms with Gasteiger partial charge in [0.2, 0.25) is 17.5 Å². The maximum absolute atomic E-state index is 12.2. The number of hydrogen-bond acceptors (Lipinski definition) is 10. The molecule has 0 fully saturated rings. The van der Waals surface area contributed by atoms with Crippen molar-refractivity contribution in [3.05, 3.63) is 35.9 Å². The Hall–Kier alpha value is -3.60. The summed E-state index contributed by atoms with van der Waals surface area (Å²) in [6.07, 6.45) is 0.655. The number of carbonyl (C=O) groups is 1. The first kappa shape index (κ1) is 25.0. The first-order valence-electron chi connectivity index (χ1n) is 10.3. The summed E-state index contributed by atoms with van der Waals surface area (Å²) in [5.41, 5.74) is 1.63. The van der Waals surface area contributed by atoms with E-state index in [4.69, 9.17) is 28.1 Å². The summed E-state index contributed by atoms with van der Waals surface area (Å²) in [6.45, 7) is 0.482. The van der Waals surface area contributed by atoms with Gasteiger partial charge in [-0.2, -0.15) is 0 Å². The molecular weight excluding hydrogens is 462 g/mol. The molecule has 0 atom stereocenters. The second kappa shape index (κ2) is 12.0. The summed E-state index contributed by atoms with van der Waals surface area (Å²) in [6, 6.07) is 9.09. The Morgan fingerprint density at radius 1 is 0.882 bits per heavy atom. The Morgan fingerprint density at radius 2 is 1.56 bits per heavy atom. The van der Waals surface area contributed by atoms with E-state index in [1.54, 1.807) is 26.4 Å². The van der Waals surface area contributed by atoms with Crippen LogP contribution in [0.1, 0.15) is 5.56 Å². The minimum absolute atomic E-state index is 0.141. The van der Waals surface area contributed by atoms with E-state index in [-0.39, 0.29) is 22.8 Å². The van der Waals surface area contributed by atoms with Crippen LogP contribution in [-0.4, -0.2) is 64.0 Å². The van der Waals surface area contributed by atoms with Crippen molar-refractivity contribution in [1.82, 2.24) is 15.5 Å². The number of rotatable bonds is 12. The first-order chi connectivity index (χ1) is 16.5. The molecule has 0 aliphatic carbocycles. The zero-order chi connectivity index (χ0) is 24.5. The van der Waals surface area contributed by atoms with Crippen molar-refractivity contribution in [2.75, 3.05) is 47.8 Å². The summed E-state index contributed by atoms with van der Waals surface area (Å²) in [7, 11) is 7.76. The molecule has 0 bridgehead atoms. The van der Waals surface area contributed by atoms with Gasteiger partial charge < -0.3 is 33.4 Å². The molecule has 0 saturated carbocycles. The molecule has 11 heteroatoms. The highest BCUT2D eigenvalue weighted by Gasteiger charge is 2.18. The van der Waals surface area contributed by atoms with Crippen molar-refractivity contribution in [2.24, 2.45) is 0 Å². The third kappa shape index (κ3) is 6.04. The van der Waals surface area contributed by atoms with Crippen LogP contribution in [-0.2, 0) is 11.2 Å². The minimum atomic E-state index is -0.141. The Balaban J connectivity index is 1.53. The second-order valence-electron chi connectivity index (χ2n) is 6.87. The van der Waals surface area contributed by atoms with Crippen LogP contribution in [0, 0.1) is 0 Å². The average molecular weight is 490 g/mol. The van der Waals surface area contributed by atoms with Crippen LogP contribution in [0.4, 0.5) is 0 Å². The first-order valence-corrected chi connectivity index (χ1v) is 11.3. The zero-order valence-corrected chi connectivity index (χ0v) is 20.5. The number of hydrogen-bond donors (Lipinski definition) is 1. The summed E-state index contributed by atoms with van der Waals surface area (Å²) in [5, 5.41) is 11.2. The van der Waals surface area contributed by atoms with Gasteiger partial charge in [-0.15, -0.1) is 10.2 Å². The third-order valence-corrected chi connectivity index (χ3v) is 5.65. The number of nitrogens with zero attached hydrogens (tertiary/aromatic N) is 2. The maximum atomic E-state index is 12.2. The molecule has 0 saturated heterocycles. The van der Waals surface area contributed by atoms with Crippen LogP contribution in [0.15, 0.2) is 40.0 Å². The van der Waals surface area contributed by atoms with E-state index >= 15 is 0 Å². The number of ether oxygens (including phenoxy) is 5. The molecule has 34 heavy (non-hydrogen) atoms. The van der Waals surface area contributed by atoms with E-state index in [1.165, 1.54) is 21.3 Å². The quantitative estimate of drug-likeness (QED) is 0.380. The van der Waals surface area contributed by atoms with E-state index in [9.17, 15) is 4.79 Å². The van der Waals surface area contributed by atoms with Crippen molar-refractivity contribution in [3.63, 3.8) is 0 Å².